The maximum absolute atomic E-state index is 12.7. The Kier molecular flexibility index (Phi) is 7.06. The molecular weight excluding hydrogens is 462 g/mol. The topological polar surface area (TPSA) is 137 Å². The first-order chi connectivity index (χ1) is 15.6. The number of amides is 1. The number of ether oxygens (including phenoxy) is 2. The number of aromatic nitrogens is 4. The first kappa shape index (κ1) is 23.8. The van der Waals surface area contributed by atoms with E-state index in [1.807, 2.05) is 0 Å². The van der Waals surface area contributed by atoms with E-state index in [1.54, 1.807) is 6.92 Å². The van der Waals surface area contributed by atoms with Crippen molar-refractivity contribution in [3.63, 3.8) is 0 Å². The van der Waals surface area contributed by atoms with Crippen LogP contribution in [0, 0.1) is 6.92 Å². The van der Waals surface area contributed by atoms with Crippen molar-refractivity contribution in [3.8, 4) is 11.9 Å². The third kappa shape index (κ3) is 5.91. The van der Waals surface area contributed by atoms with Crippen LogP contribution in [-0.4, -0.2) is 48.3 Å². The van der Waals surface area contributed by atoms with Crippen molar-refractivity contribution in [2.24, 2.45) is 0 Å². The van der Waals surface area contributed by atoms with Crippen LogP contribution < -0.4 is 19.5 Å². The van der Waals surface area contributed by atoms with Gasteiger partial charge in [-0.15, -0.1) is 0 Å². The van der Waals surface area contributed by atoms with Crippen LogP contribution in [-0.2, 0) is 21.4 Å². The maximum Gasteiger partial charge on any atom is 0.321 e. The van der Waals surface area contributed by atoms with Gasteiger partial charge in [-0.3, -0.25) is 14.2 Å². The molecule has 0 unspecified atom stereocenters. The second-order valence-corrected chi connectivity index (χ2v) is 8.31. The van der Waals surface area contributed by atoms with Crippen molar-refractivity contribution >= 4 is 27.4 Å². The van der Waals surface area contributed by atoms with Crippen molar-refractivity contribution in [1.82, 2.24) is 19.7 Å². The molecule has 0 aliphatic heterocycles. The summed E-state index contributed by atoms with van der Waals surface area (Å²) in [7, 11) is -1.33. The average molecular weight is 482 g/mol. The van der Waals surface area contributed by atoms with E-state index < -0.39 is 28.0 Å². The molecule has 0 saturated carbocycles. The number of anilines is 2. The van der Waals surface area contributed by atoms with Gasteiger partial charge < -0.3 is 14.8 Å². The molecule has 0 bridgehead atoms. The monoisotopic (exact) mass is 482 g/mol. The number of hydrogen-bond acceptors (Lipinski definition) is 8. The first-order valence-electron chi connectivity index (χ1n) is 9.33. The van der Waals surface area contributed by atoms with Crippen molar-refractivity contribution in [2.75, 3.05) is 24.3 Å². The average Bonchev–Trinajstić information content (AvgIpc) is 3.13. The number of halogens is 2. The molecule has 1 aromatic carbocycles. The van der Waals surface area contributed by atoms with Crippen molar-refractivity contribution < 1.29 is 31.5 Å². The maximum atomic E-state index is 12.7. The molecule has 0 aliphatic carbocycles. The zero-order chi connectivity index (χ0) is 24.2. The Balaban J connectivity index is 1.68. The Hall–Kier alpha value is -3.81. The summed E-state index contributed by atoms with van der Waals surface area (Å²) < 4.78 is 64.1. The van der Waals surface area contributed by atoms with Gasteiger partial charge in [0.1, 0.15) is 12.2 Å². The number of aryl methyl sites for hydroxylation is 1. The van der Waals surface area contributed by atoms with Gasteiger partial charge in [-0.2, -0.15) is 15.1 Å². The van der Waals surface area contributed by atoms with Gasteiger partial charge in [-0.1, -0.05) is 0 Å². The lowest BCUT2D eigenvalue weighted by Crippen LogP contribution is -2.20. The van der Waals surface area contributed by atoms with Crippen molar-refractivity contribution in [1.29, 1.82) is 0 Å². The quantitative estimate of drug-likeness (QED) is 0.474. The fraction of sp³-hybridized carbons (Fsp3) is 0.263. The summed E-state index contributed by atoms with van der Waals surface area (Å²) in [4.78, 5) is 19.9. The number of sulfonamides is 1. The van der Waals surface area contributed by atoms with E-state index in [0.29, 0.717) is 11.4 Å². The van der Waals surface area contributed by atoms with Gasteiger partial charge in [0, 0.05) is 17.4 Å². The third-order valence-electron chi connectivity index (χ3n) is 4.28. The van der Waals surface area contributed by atoms with Crippen molar-refractivity contribution in [3.05, 3.63) is 47.8 Å². The molecule has 0 atom stereocenters. The summed E-state index contributed by atoms with van der Waals surface area (Å²) in [6, 6.07) is 7.72. The molecule has 0 spiro atoms. The normalized spacial score (nSPS) is 11.3. The second-order valence-electron chi connectivity index (χ2n) is 6.63. The number of carbonyl (C=O) groups excluding carboxylic acids is 1. The van der Waals surface area contributed by atoms with Gasteiger partial charge in [-0.05, 0) is 37.3 Å². The molecule has 33 heavy (non-hydrogen) atoms. The number of alkyl halides is 2. The van der Waals surface area contributed by atoms with Crippen LogP contribution in [0.15, 0.2) is 41.3 Å². The first-order valence-corrected chi connectivity index (χ1v) is 10.8. The molecule has 176 valence electrons. The molecule has 2 aromatic heterocycles. The van der Waals surface area contributed by atoms with E-state index in [9.17, 15) is 22.0 Å². The van der Waals surface area contributed by atoms with E-state index in [0.717, 1.165) is 4.68 Å². The fourth-order valence-electron chi connectivity index (χ4n) is 2.70. The number of benzene rings is 1. The van der Waals surface area contributed by atoms with E-state index in [1.165, 1.54) is 50.6 Å². The Bertz CT molecular complexity index is 1230. The largest absolute Gasteiger partial charge is 0.481 e. The summed E-state index contributed by atoms with van der Waals surface area (Å²) in [6.07, 6.45) is -2.74. The molecule has 2 N–H and O–H groups in total. The lowest BCUT2D eigenvalue weighted by Gasteiger charge is -2.11. The molecule has 2 heterocycles. The van der Waals surface area contributed by atoms with Gasteiger partial charge in [0.2, 0.25) is 11.8 Å². The minimum absolute atomic E-state index is 0.0613. The highest BCUT2D eigenvalue weighted by Gasteiger charge is 2.18. The third-order valence-corrected chi connectivity index (χ3v) is 5.65. The highest BCUT2D eigenvalue weighted by Crippen LogP contribution is 2.22. The van der Waals surface area contributed by atoms with Crippen LogP contribution in [0.3, 0.4) is 0 Å². The Labute approximate surface area is 187 Å². The molecule has 0 saturated heterocycles. The minimum Gasteiger partial charge on any atom is -0.481 e. The minimum atomic E-state index is -4.02. The lowest BCUT2D eigenvalue weighted by molar-refractivity contribution is -0.117. The van der Waals surface area contributed by atoms with Crippen LogP contribution in [0.1, 0.15) is 17.8 Å². The predicted molar refractivity (Wildman–Crippen MR) is 113 cm³/mol. The molecule has 3 rings (SSSR count). The second kappa shape index (κ2) is 9.77. The molecule has 11 nitrogen and oxygen atoms in total. The van der Waals surface area contributed by atoms with Gasteiger partial charge in [0.15, 0.2) is 5.82 Å². The van der Waals surface area contributed by atoms with E-state index >= 15 is 0 Å². The number of methoxy groups -OCH3 is 2. The smallest absolute Gasteiger partial charge is 0.321 e. The number of nitrogens with one attached hydrogen (secondary N) is 2. The van der Waals surface area contributed by atoms with Crippen LogP contribution in [0.5, 0.6) is 11.9 Å². The molecule has 0 radical (unpaired) electrons. The lowest BCUT2D eigenvalue weighted by atomic mass is 10.3. The molecule has 14 heteroatoms. The van der Waals surface area contributed by atoms with E-state index in [2.05, 4.69) is 25.1 Å². The van der Waals surface area contributed by atoms with Crippen LogP contribution in [0.25, 0.3) is 0 Å². The standard InChI is InChI=1S/C19H20F2N6O5S/c1-11-8-14(18(20)21)25-27(11)10-16(28)22-12-4-6-13(7-5-12)33(29,30)26-15-9-17(31-2)24-19(23-15)32-3/h4-9,18H,10H2,1-3H3,(H,22,28)(H,23,24,26). The van der Waals surface area contributed by atoms with Crippen molar-refractivity contribution in [2.45, 2.75) is 24.8 Å². The summed E-state index contributed by atoms with van der Waals surface area (Å²) in [6.45, 7) is 1.28. The number of rotatable bonds is 9. The summed E-state index contributed by atoms with van der Waals surface area (Å²) >= 11 is 0. The number of carbonyl (C=O) groups is 1. The van der Waals surface area contributed by atoms with E-state index in [4.69, 9.17) is 9.47 Å². The van der Waals surface area contributed by atoms with Gasteiger partial charge in [0.25, 0.3) is 16.4 Å². The van der Waals surface area contributed by atoms with Gasteiger partial charge >= 0.3 is 6.01 Å². The summed E-state index contributed by atoms with van der Waals surface area (Å²) in [5.41, 5.74) is 0.301. The van der Waals surface area contributed by atoms with E-state index in [-0.39, 0.29) is 29.1 Å². The van der Waals surface area contributed by atoms with Crippen LogP contribution in [0.2, 0.25) is 0 Å². The Morgan fingerprint density at radius 3 is 2.39 bits per heavy atom. The Morgan fingerprint density at radius 1 is 1.12 bits per heavy atom. The number of nitrogens with zero attached hydrogens (tertiary/aromatic N) is 4. The van der Waals surface area contributed by atoms with Gasteiger partial charge in [-0.25, -0.2) is 17.2 Å². The Morgan fingerprint density at radius 2 is 1.82 bits per heavy atom. The predicted octanol–water partition coefficient (Wildman–Crippen LogP) is 2.38. The highest BCUT2D eigenvalue weighted by atomic mass is 32.2. The molecule has 0 fully saturated rings. The summed E-state index contributed by atoms with van der Waals surface area (Å²) in [5.74, 6) is -0.476. The van der Waals surface area contributed by atoms with Gasteiger partial charge in [0.05, 0.1) is 19.1 Å². The zero-order valence-electron chi connectivity index (χ0n) is 17.7. The molecule has 1 amide bonds. The summed E-state index contributed by atoms with van der Waals surface area (Å²) in [5, 5.41) is 6.25. The zero-order valence-corrected chi connectivity index (χ0v) is 18.6. The SMILES string of the molecule is COc1cc(NS(=O)(=O)c2ccc(NC(=O)Cn3nc(C(F)F)cc3C)cc2)nc(OC)n1. The highest BCUT2D eigenvalue weighted by molar-refractivity contribution is 7.92. The van der Waals surface area contributed by atoms with Crippen LogP contribution in [0.4, 0.5) is 20.3 Å². The fourth-order valence-corrected chi connectivity index (χ4v) is 3.70. The molecule has 3 aromatic rings. The number of hydrogen-bond donors (Lipinski definition) is 2. The molecular formula is C19H20F2N6O5S. The van der Waals surface area contributed by atoms with Crippen LogP contribution >= 0.6 is 0 Å². The molecule has 0 aliphatic rings.